The van der Waals surface area contributed by atoms with Crippen molar-refractivity contribution in [2.75, 3.05) is 19.6 Å². The molecule has 1 aromatic heterocycles. The molecule has 0 amide bonds. The van der Waals surface area contributed by atoms with E-state index in [1.54, 1.807) is 0 Å². The van der Waals surface area contributed by atoms with Gasteiger partial charge >= 0.3 is 0 Å². The molecule has 3 nitrogen and oxygen atoms in total. The Morgan fingerprint density at radius 3 is 2.79 bits per heavy atom. The fourth-order valence-electron chi connectivity index (χ4n) is 2.69. The minimum atomic E-state index is 0.804. The first-order valence-corrected chi connectivity index (χ1v) is 7.57. The van der Waals surface area contributed by atoms with E-state index in [-0.39, 0.29) is 0 Å². The Balaban J connectivity index is 1.91. The van der Waals surface area contributed by atoms with E-state index in [0.29, 0.717) is 0 Å². The third-order valence-corrected chi connectivity index (χ3v) is 4.22. The van der Waals surface area contributed by atoms with Crippen molar-refractivity contribution in [1.82, 2.24) is 15.2 Å². The molecule has 1 saturated heterocycles. The van der Waals surface area contributed by atoms with Gasteiger partial charge in [0.2, 0.25) is 0 Å². The van der Waals surface area contributed by atoms with E-state index in [0.717, 1.165) is 37.2 Å². The molecule has 1 aliphatic heterocycles. The first kappa shape index (κ1) is 14.5. The highest BCUT2D eigenvalue weighted by Gasteiger charge is 2.22. The molecular weight excluding hydrogens is 234 g/mol. The molecule has 0 saturated carbocycles. The monoisotopic (exact) mass is 261 g/mol. The number of aromatic nitrogens is 1. The summed E-state index contributed by atoms with van der Waals surface area (Å²) in [5.74, 6) is 1.67. The molecule has 0 radical (unpaired) electrons. The van der Waals surface area contributed by atoms with Gasteiger partial charge in [0.25, 0.3) is 0 Å². The van der Waals surface area contributed by atoms with Gasteiger partial charge in [-0.15, -0.1) is 0 Å². The lowest BCUT2D eigenvalue weighted by atomic mass is 9.88. The van der Waals surface area contributed by atoms with Crippen LogP contribution in [0.2, 0.25) is 0 Å². The van der Waals surface area contributed by atoms with Crippen LogP contribution in [0.3, 0.4) is 0 Å². The van der Waals surface area contributed by atoms with Gasteiger partial charge in [0.1, 0.15) is 0 Å². The SMILES string of the molecule is CCNCc1cccc(CN2CCC(C)C(C)C2)n1. The normalized spacial score (nSPS) is 24.6. The maximum absolute atomic E-state index is 4.74. The number of hydrogen-bond donors (Lipinski definition) is 1. The molecule has 2 atom stereocenters. The largest absolute Gasteiger partial charge is 0.311 e. The van der Waals surface area contributed by atoms with Crippen LogP contribution in [0.5, 0.6) is 0 Å². The van der Waals surface area contributed by atoms with Gasteiger partial charge in [0.05, 0.1) is 11.4 Å². The molecule has 3 heteroatoms. The maximum Gasteiger partial charge on any atom is 0.0547 e. The van der Waals surface area contributed by atoms with Gasteiger partial charge in [0.15, 0.2) is 0 Å². The average molecular weight is 261 g/mol. The molecule has 2 rings (SSSR count). The smallest absolute Gasteiger partial charge is 0.0547 e. The average Bonchev–Trinajstić information content (AvgIpc) is 2.41. The second kappa shape index (κ2) is 7.01. The summed E-state index contributed by atoms with van der Waals surface area (Å²) in [6.45, 7) is 12.1. The highest BCUT2D eigenvalue weighted by molar-refractivity contribution is 5.11. The summed E-state index contributed by atoms with van der Waals surface area (Å²) in [6, 6.07) is 6.39. The van der Waals surface area contributed by atoms with E-state index < -0.39 is 0 Å². The Morgan fingerprint density at radius 1 is 1.26 bits per heavy atom. The lowest BCUT2D eigenvalue weighted by Crippen LogP contribution is -2.38. The first-order valence-electron chi connectivity index (χ1n) is 7.57. The minimum Gasteiger partial charge on any atom is -0.311 e. The van der Waals surface area contributed by atoms with Crippen LogP contribution < -0.4 is 5.32 Å². The summed E-state index contributed by atoms with van der Waals surface area (Å²) in [7, 11) is 0. The molecule has 0 aliphatic carbocycles. The minimum absolute atomic E-state index is 0.804. The van der Waals surface area contributed by atoms with Crippen molar-refractivity contribution in [2.45, 2.75) is 40.3 Å². The third-order valence-electron chi connectivity index (χ3n) is 4.22. The van der Waals surface area contributed by atoms with E-state index in [2.05, 4.69) is 49.2 Å². The number of likely N-dealkylation sites (tertiary alicyclic amines) is 1. The number of pyridine rings is 1. The Labute approximate surface area is 117 Å². The molecule has 1 aromatic rings. The van der Waals surface area contributed by atoms with E-state index >= 15 is 0 Å². The van der Waals surface area contributed by atoms with E-state index in [1.807, 2.05) is 0 Å². The topological polar surface area (TPSA) is 28.2 Å². The predicted molar refractivity (Wildman–Crippen MR) is 79.8 cm³/mol. The highest BCUT2D eigenvalue weighted by Crippen LogP contribution is 2.23. The molecule has 19 heavy (non-hydrogen) atoms. The van der Waals surface area contributed by atoms with Crippen LogP contribution in [0.4, 0.5) is 0 Å². The molecule has 1 N–H and O–H groups in total. The van der Waals surface area contributed by atoms with Crippen molar-refractivity contribution in [3.05, 3.63) is 29.6 Å². The number of hydrogen-bond acceptors (Lipinski definition) is 3. The van der Waals surface area contributed by atoms with Crippen LogP contribution in [0.25, 0.3) is 0 Å². The second-order valence-electron chi connectivity index (χ2n) is 5.88. The van der Waals surface area contributed by atoms with Crippen molar-refractivity contribution >= 4 is 0 Å². The number of nitrogens with one attached hydrogen (secondary N) is 1. The zero-order valence-electron chi connectivity index (χ0n) is 12.5. The number of piperidine rings is 1. The van der Waals surface area contributed by atoms with Gasteiger partial charge in [-0.05, 0) is 43.5 Å². The molecule has 1 fully saturated rings. The standard InChI is InChI=1S/C16H27N3/c1-4-17-10-15-6-5-7-16(18-15)12-19-9-8-13(2)14(3)11-19/h5-7,13-14,17H,4,8-12H2,1-3H3. The Bertz CT molecular complexity index is 391. The first-order chi connectivity index (χ1) is 9.19. The van der Waals surface area contributed by atoms with Gasteiger partial charge < -0.3 is 5.32 Å². The lowest BCUT2D eigenvalue weighted by Gasteiger charge is -2.35. The fourth-order valence-corrected chi connectivity index (χ4v) is 2.69. The molecule has 0 aromatic carbocycles. The lowest BCUT2D eigenvalue weighted by molar-refractivity contribution is 0.131. The molecule has 2 heterocycles. The number of nitrogens with zero attached hydrogens (tertiary/aromatic N) is 2. The van der Waals surface area contributed by atoms with E-state index in [1.165, 1.54) is 25.2 Å². The Kier molecular flexibility index (Phi) is 5.34. The fraction of sp³-hybridized carbons (Fsp3) is 0.688. The third kappa shape index (κ3) is 4.29. The summed E-state index contributed by atoms with van der Waals surface area (Å²) < 4.78 is 0. The number of rotatable bonds is 5. The highest BCUT2D eigenvalue weighted by atomic mass is 15.1. The predicted octanol–water partition coefficient (Wildman–Crippen LogP) is 2.67. The molecule has 106 valence electrons. The molecule has 2 unspecified atom stereocenters. The van der Waals surface area contributed by atoms with Crippen LogP contribution in [0.1, 0.15) is 38.6 Å². The zero-order chi connectivity index (χ0) is 13.7. The van der Waals surface area contributed by atoms with Gasteiger partial charge in [-0.25, -0.2) is 0 Å². The molecule has 0 bridgehead atoms. The molecule has 1 aliphatic rings. The van der Waals surface area contributed by atoms with Gasteiger partial charge in [-0.3, -0.25) is 9.88 Å². The quantitative estimate of drug-likeness (QED) is 0.883. The van der Waals surface area contributed by atoms with Crippen molar-refractivity contribution in [2.24, 2.45) is 11.8 Å². The maximum atomic E-state index is 4.74. The van der Waals surface area contributed by atoms with E-state index in [9.17, 15) is 0 Å². The van der Waals surface area contributed by atoms with Gasteiger partial charge in [-0.2, -0.15) is 0 Å². The molecular formula is C16H27N3. The van der Waals surface area contributed by atoms with Gasteiger partial charge in [0, 0.05) is 19.6 Å². The summed E-state index contributed by atoms with van der Waals surface area (Å²) in [5.41, 5.74) is 2.36. The summed E-state index contributed by atoms with van der Waals surface area (Å²) >= 11 is 0. The zero-order valence-corrected chi connectivity index (χ0v) is 12.5. The van der Waals surface area contributed by atoms with Crippen LogP contribution >= 0.6 is 0 Å². The Morgan fingerprint density at radius 2 is 2.05 bits per heavy atom. The van der Waals surface area contributed by atoms with Crippen LogP contribution in [-0.4, -0.2) is 29.5 Å². The second-order valence-corrected chi connectivity index (χ2v) is 5.88. The summed E-state index contributed by atoms with van der Waals surface area (Å²) in [6.07, 6.45) is 1.32. The van der Waals surface area contributed by atoms with Crippen molar-refractivity contribution in [3.8, 4) is 0 Å². The van der Waals surface area contributed by atoms with Crippen molar-refractivity contribution in [1.29, 1.82) is 0 Å². The Hall–Kier alpha value is -0.930. The van der Waals surface area contributed by atoms with Crippen LogP contribution in [0.15, 0.2) is 18.2 Å². The summed E-state index contributed by atoms with van der Waals surface area (Å²) in [4.78, 5) is 7.29. The van der Waals surface area contributed by atoms with E-state index in [4.69, 9.17) is 4.98 Å². The van der Waals surface area contributed by atoms with Gasteiger partial charge in [-0.1, -0.05) is 26.8 Å². The van der Waals surface area contributed by atoms with Crippen molar-refractivity contribution < 1.29 is 0 Å². The van der Waals surface area contributed by atoms with Crippen LogP contribution in [-0.2, 0) is 13.1 Å². The van der Waals surface area contributed by atoms with Crippen LogP contribution in [0, 0.1) is 11.8 Å². The summed E-state index contributed by atoms with van der Waals surface area (Å²) in [5, 5.41) is 3.33. The molecule has 0 spiro atoms. The van der Waals surface area contributed by atoms with Crippen molar-refractivity contribution in [3.63, 3.8) is 0 Å².